The molecule has 0 aromatic carbocycles. The molecule has 0 bridgehead atoms. The number of ether oxygens (including phenoxy) is 6. The van der Waals surface area contributed by atoms with Crippen molar-refractivity contribution in [1.82, 2.24) is 0 Å². The van der Waals surface area contributed by atoms with E-state index >= 15 is 0 Å². The van der Waals surface area contributed by atoms with Crippen LogP contribution in [-0.2, 0) is 43.0 Å². The first-order valence-corrected chi connectivity index (χ1v) is 21.9. The van der Waals surface area contributed by atoms with Crippen molar-refractivity contribution in [3.05, 3.63) is 11.6 Å². The average Bonchev–Trinajstić information content (AvgIpc) is 3.58. The van der Waals surface area contributed by atoms with Gasteiger partial charge in [0.15, 0.2) is 18.4 Å². The van der Waals surface area contributed by atoms with Crippen LogP contribution in [0, 0.1) is 46.3 Å². The van der Waals surface area contributed by atoms with Gasteiger partial charge < -0.3 is 54.0 Å². The van der Waals surface area contributed by atoms with E-state index in [2.05, 4.69) is 33.8 Å². The fourth-order valence-corrected chi connectivity index (χ4v) is 13.3. The Bertz CT molecular complexity index is 1550. The third kappa shape index (κ3) is 6.89. The molecule has 16 heteroatoms. The summed E-state index contributed by atoms with van der Waals surface area (Å²) < 4.78 is 75.1. The van der Waals surface area contributed by atoms with Gasteiger partial charge in [-0.3, -0.25) is 4.55 Å². The molecule has 4 aliphatic carbocycles. The molecule has 4 heterocycles. The molecule has 0 radical (unpaired) electrons. The monoisotopic (exact) mass is 802 g/mol. The molecule has 0 amide bonds. The van der Waals surface area contributed by atoms with Gasteiger partial charge in [0, 0.05) is 12.3 Å². The van der Waals surface area contributed by atoms with Crippen LogP contribution >= 0.6 is 0 Å². The molecule has 8 rings (SSSR count). The van der Waals surface area contributed by atoms with E-state index in [1.54, 1.807) is 0 Å². The molecular formula is C39H62O15S. The molecule has 4 saturated heterocycles. The number of hydrogen-bond acceptors (Lipinski definition) is 14. The number of aliphatic hydroxyl groups excluding tert-OH is 5. The van der Waals surface area contributed by atoms with Crippen LogP contribution < -0.4 is 0 Å². The van der Waals surface area contributed by atoms with Gasteiger partial charge >= 0.3 is 10.4 Å². The van der Waals surface area contributed by atoms with Gasteiger partial charge in [0.2, 0.25) is 0 Å². The zero-order chi connectivity index (χ0) is 39.4. The summed E-state index contributed by atoms with van der Waals surface area (Å²) in [4.78, 5) is 0. The third-order valence-corrected chi connectivity index (χ3v) is 16.2. The van der Waals surface area contributed by atoms with Crippen molar-refractivity contribution in [2.24, 2.45) is 46.3 Å². The maximum absolute atomic E-state index is 11.7. The van der Waals surface area contributed by atoms with Crippen LogP contribution in [0.2, 0.25) is 0 Å². The van der Waals surface area contributed by atoms with Crippen LogP contribution in [0.3, 0.4) is 0 Å². The second-order valence-electron chi connectivity index (χ2n) is 18.8. The first-order chi connectivity index (χ1) is 25.9. The highest BCUT2D eigenvalue weighted by atomic mass is 32.3. The summed E-state index contributed by atoms with van der Waals surface area (Å²) in [5.41, 5.74) is 1.48. The van der Waals surface area contributed by atoms with Crippen molar-refractivity contribution in [2.75, 3.05) is 13.2 Å². The van der Waals surface area contributed by atoms with Crippen molar-refractivity contribution in [2.45, 2.75) is 172 Å². The van der Waals surface area contributed by atoms with Crippen LogP contribution in [0.1, 0.15) is 92.4 Å². The van der Waals surface area contributed by atoms with Gasteiger partial charge in [-0.05, 0) is 98.7 Å². The van der Waals surface area contributed by atoms with Crippen molar-refractivity contribution < 1.29 is 71.1 Å². The molecule has 314 valence electrons. The van der Waals surface area contributed by atoms with Crippen LogP contribution in [0.15, 0.2) is 11.6 Å². The Balaban J connectivity index is 0.985. The average molecular weight is 803 g/mol. The lowest BCUT2D eigenvalue weighted by atomic mass is 9.47. The van der Waals surface area contributed by atoms with Gasteiger partial charge in [-0.2, -0.15) is 8.42 Å². The largest absolute Gasteiger partial charge is 0.397 e. The summed E-state index contributed by atoms with van der Waals surface area (Å²) in [6.07, 6.45) is -4.64. The SMILES string of the molecule is C[C@@H]1CC[C@@]2(OC1)O[C@H]1C[C@H]3[C@@H]4CC=C5C[C@@H](O[C@@H]6O[C@H](CO)[C@@H](OS(=O)(=O)O)[C@@H](O)[C@H]6O[C@@H]6O[C@@H](C)[C@H](O)[C@@H](O)[C@H]6O)CC[C@]5(C)[C@H]4CC[C@]3(C)[C@H]1[C@@H]2C. The lowest BCUT2D eigenvalue weighted by molar-refractivity contribution is -0.368. The highest BCUT2D eigenvalue weighted by Crippen LogP contribution is 2.70. The summed E-state index contributed by atoms with van der Waals surface area (Å²) >= 11 is 0. The Labute approximate surface area is 323 Å². The minimum atomic E-state index is -5.11. The van der Waals surface area contributed by atoms with Crippen LogP contribution in [-0.4, -0.2) is 131 Å². The Morgan fingerprint density at radius 1 is 0.873 bits per heavy atom. The zero-order valence-electron chi connectivity index (χ0n) is 32.5. The Kier molecular flexibility index (Phi) is 10.9. The molecule has 4 aliphatic heterocycles. The second-order valence-corrected chi connectivity index (χ2v) is 19.8. The Morgan fingerprint density at radius 3 is 2.33 bits per heavy atom. The molecule has 21 atom stereocenters. The smallest absolute Gasteiger partial charge is 0.394 e. The fourth-order valence-electron chi connectivity index (χ4n) is 12.8. The van der Waals surface area contributed by atoms with E-state index < -0.39 is 90.3 Å². The molecule has 3 saturated carbocycles. The maximum Gasteiger partial charge on any atom is 0.397 e. The van der Waals surface area contributed by atoms with E-state index in [9.17, 15) is 38.5 Å². The molecule has 8 aliphatic rings. The molecule has 55 heavy (non-hydrogen) atoms. The van der Waals surface area contributed by atoms with Crippen molar-refractivity contribution >= 4 is 10.4 Å². The summed E-state index contributed by atoms with van der Waals surface area (Å²) in [5.74, 6) is 2.59. The number of allylic oxidation sites excluding steroid dienone is 1. The van der Waals surface area contributed by atoms with Crippen molar-refractivity contribution in [1.29, 1.82) is 0 Å². The van der Waals surface area contributed by atoms with E-state index in [1.165, 1.54) is 12.5 Å². The Hall–Kier alpha value is -0.830. The molecule has 0 aromatic heterocycles. The lowest BCUT2D eigenvalue weighted by Gasteiger charge is -2.58. The first kappa shape index (κ1) is 40.9. The summed E-state index contributed by atoms with van der Waals surface area (Å²) in [6, 6.07) is 0. The Morgan fingerprint density at radius 2 is 1.64 bits per heavy atom. The third-order valence-electron chi connectivity index (χ3n) is 15.8. The molecular weight excluding hydrogens is 740 g/mol. The lowest BCUT2D eigenvalue weighted by Crippen LogP contribution is -2.65. The molecule has 7 fully saturated rings. The molecule has 0 unspecified atom stereocenters. The topological polar surface area (TPSA) is 220 Å². The minimum absolute atomic E-state index is 0.0316. The van der Waals surface area contributed by atoms with E-state index in [0.29, 0.717) is 48.3 Å². The number of aliphatic hydroxyl groups is 5. The van der Waals surface area contributed by atoms with E-state index in [-0.39, 0.29) is 16.9 Å². The van der Waals surface area contributed by atoms with Gasteiger partial charge in [0.1, 0.15) is 42.7 Å². The van der Waals surface area contributed by atoms with Gasteiger partial charge in [0.25, 0.3) is 0 Å². The number of rotatable bonds is 7. The van der Waals surface area contributed by atoms with E-state index in [4.69, 9.17) is 32.6 Å². The van der Waals surface area contributed by atoms with Crippen LogP contribution in [0.4, 0.5) is 0 Å². The van der Waals surface area contributed by atoms with Gasteiger partial charge in [-0.1, -0.05) is 39.3 Å². The van der Waals surface area contributed by atoms with Gasteiger partial charge in [0.05, 0.1) is 31.5 Å². The summed E-state index contributed by atoms with van der Waals surface area (Å²) in [6.45, 7) is 11.0. The predicted molar refractivity (Wildman–Crippen MR) is 192 cm³/mol. The van der Waals surface area contributed by atoms with E-state index in [1.807, 2.05) is 0 Å². The van der Waals surface area contributed by atoms with Gasteiger partial charge in [-0.25, -0.2) is 4.18 Å². The molecule has 6 N–H and O–H groups in total. The van der Waals surface area contributed by atoms with E-state index in [0.717, 1.165) is 51.6 Å². The summed E-state index contributed by atoms with van der Waals surface area (Å²) in [7, 11) is -5.11. The second kappa shape index (κ2) is 14.7. The van der Waals surface area contributed by atoms with Crippen molar-refractivity contribution in [3.63, 3.8) is 0 Å². The minimum Gasteiger partial charge on any atom is -0.394 e. The predicted octanol–water partition coefficient (Wildman–Crippen LogP) is 2.22. The normalized spacial score (nSPS) is 55.3. The molecule has 1 spiro atoms. The molecule has 15 nitrogen and oxygen atoms in total. The van der Waals surface area contributed by atoms with Crippen LogP contribution in [0.25, 0.3) is 0 Å². The zero-order valence-corrected chi connectivity index (χ0v) is 33.3. The van der Waals surface area contributed by atoms with Crippen molar-refractivity contribution in [3.8, 4) is 0 Å². The summed E-state index contributed by atoms with van der Waals surface area (Å²) in [5, 5.41) is 52.9. The number of hydrogen-bond donors (Lipinski definition) is 6. The van der Waals surface area contributed by atoms with Crippen LogP contribution in [0.5, 0.6) is 0 Å². The maximum atomic E-state index is 11.7. The number of fused-ring (bicyclic) bond motifs is 7. The first-order valence-electron chi connectivity index (χ1n) is 20.5. The van der Waals surface area contributed by atoms with Gasteiger partial charge in [-0.15, -0.1) is 0 Å². The standard InChI is InChI=1S/C39H62O15S/c1-18-8-13-39(48-17-18)19(2)28-26(53-39)15-25-23-7-6-21-14-22(9-11-37(21,4)24(23)10-12-38(25,28)5)50-36-34(52-35-31(43)30(42)29(41)20(3)49-35)32(44)33(27(16-40)51-36)54-55(45,46)47/h6,18-20,22-36,40-44H,7-17H2,1-5H3,(H,45,46,47)/t18-,19+,20+,22+,23-,24+,25+,26+,27-,28+,29+,30-,31-,32-,33-,34-,35+,36-,37+,38+,39-/m1/s1. The fraction of sp³-hybridized carbons (Fsp3) is 0.949. The molecule has 0 aromatic rings. The highest BCUT2D eigenvalue weighted by Gasteiger charge is 2.69. The highest BCUT2D eigenvalue weighted by molar-refractivity contribution is 7.80. The quantitative estimate of drug-likeness (QED) is 0.161.